The SMILES string of the molecule is C=CC(=O)Nc1c(Br)cc2c(nc(N3CCCC(Nc4ncc(C(F)(F)F)cn4)C3)n2C)c1C. The quantitative estimate of drug-likeness (QED) is 0.460. The summed E-state index contributed by atoms with van der Waals surface area (Å²) >= 11 is 3.53. The number of imidazole rings is 1. The Balaban J connectivity index is 1.56. The van der Waals surface area contributed by atoms with E-state index in [4.69, 9.17) is 4.98 Å². The molecule has 0 bridgehead atoms. The number of carbonyl (C=O) groups excluding carboxylic acids is 1. The third kappa shape index (κ3) is 4.72. The topological polar surface area (TPSA) is 88.0 Å². The number of anilines is 3. The maximum atomic E-state index is 12.8. The van der Waals surface area contributed by atoms with Gasteiger partial charge in [0.05, 0.1) is 22.3 Å². The molecule has 1 aromatic carbocycles. The fourth-order valence-electron chi connectivity index (χ4n) is 4.05. The molecule has 8 nitrogen and oxygen atoms in total. The number of hydrogen-bond acceptors (Lipinski definition) is 6. The van der Waals surface area contributed by atoms with Gasteiger partial charge in [-0.3, -0.25) is 4.79 Å². The van der Waals surface area contributed by atoms with Crippen LogP contribution in [0.3, 0.4) is 0 Å². The Morgan fingerprint density at radius 1 is 1.32 bits per heavy atom. The van der Waals surface area contributed by atoms with Crippen LogP contribution in [0, 0.1) is 6.92 Å². The Bertz CT molecular complexity index is 1240. The molecule has 3 heterocycles. The molecule has 1 saturated heterocycles. The Morgan fingerprint density at radius 3 is 2.68 bits per heavy atom. The van der Waals surface area contributed by atoms with Crippen molar-refractivity contribution in [2.75, 3.05) is 28.6 Å². The molecule has 180 valence electrons. The number of piperidine rings is 1. The average Bonchev–Trinajstić information content (AvgIpc) is 3.13. The minimum atomic E-state index is -4.47. The van der Waals surface area contributed by atoms with E-state index in [-0.39, 0.29) is 17.9 Å². The molecule has 4 rings (SSSR count). The van der Waals surface area contributed by atoms with Crippen LogP contribution in [0.5, 0.6) is 0 Å². The van der Waals surface area contributed by atoms with E-state index in [1.807, 2.05) is 24.6 Å². The van der Waals surface area contributed by atoms with Crippen LogP contribution in [0.15, 0.2) is 35.6 Å². The van der Waals surface area contributed by atoms with E-state index >= 15 is 0 Å². The maximum absolute atomic E-state index is 12.8. The van der Waals surface area contributed by atoms with Crippen molar-refractivity contribution in [1.82, 2.24) is 19.5 Å². The largest absolute Gasteiger partial charge is 0.419 e. The van der Waals surface area contributed by atoms with Gasteiger partial charge in [-0.05, 0) is 47.8 Å². The molecule has 0 radical (unpaired) electrons. The fraction of sp³-hybridized carbons (Fsp3) is 0.364. The summed E-state index contributed by atoms with van der Waals surface area (Å²) < 4.78 is 41.0. The molecule has 0 saturated carbocycles. The minimum Gasteiger partial charge on any atom is -0.350 e. The average molecular weight is 538 g/mol. The lowest BCUT2D eigenvalue weighted by Gasteiger charge is -2.33. The van der Waals surface area contributed by atoms with Gasteiger partial charge in [-0.25, -0.2) is 15.0 Å². The summed E-state index contributed by atoms with van der Waals surface area (Å²) in [6.45, 7) is 6.75. The van der Waals surface area contributed by atoms with Crippen molar-refractivity contribution in [3.8, 4) is 0 Å². The summed E-state index contributed by atoms with van der Waals surface area (Å²) in [5, 5.41) is 5.95. The molecular weight excluding hydrogens is 515 g/mol. The third-order valence-corrected chi connectivity index (χ3v) is 6.42. The number of hydrogen-bond donors (Lipinski definition) is 2. The number of rotatable bonds is 5. The fourth-order valence-corrected chi connectivity index (χ4v) is 4.66. The second-order valence-electron chi connectivity index (χ2n) is 8.11. The lowest BCUT2D eigenvalue weighted by atomic mass is 10.1. The van der Waals surface area contributed by atoms with E-state index in [1.54, 1.807) is 0 Å². The van der Waals surface area contributed by atoms with Gasteiger partial charge >= 0.3 is 6.18 Å². The number of benzene rings is 1. The first kappa shape index (κ1) is 24.0. The van der Waals surface area contributed by atoms with Gasteiger partial charge in [-0.15, -0.1) is 0 Å². The minimum absolute atomic E-state index is 0.0550. The van der Waals surface area contributed by atoms with Gasteiger partial charge in [-0.2, -0.15) is 13.2 Å². The van der Waals surface area contributed by atoms with Crippen molar-refractivity contribution in [2.24, 2.45) is 7.05 Å². The zero-order chi connectivity index (χ0) is 24.6. The summed E-state index contributed by atoms with van der Waals surface area (Å²) in [6, 6.07) is 1.85. The van der Waals surface area contributed by atoms with E-state index < -0.39 is 11.7 Å². The van der Waals surface area contributed by atoms with Crippen LogP contribution in [-0.4, -0.2) is 44.6 Å². The lowest BCUT2D eigenvalue weighted by Crippen LogP contribution is -2.43. The number of nitrogens with zero attached hydrogens (tertiary/aromatic N) is 5. The van der Waals surface area contributed by atoms with Crippen LogP contribution >= 0.6 is 15.9 Å². The van der Waals surface area contributed by atoms with E-state index in [9.17, 15) is 18.0 Å². The lowest BCUT2D eigenvalue weighted by molar-refractivity contribution is -0.138. The van der Waals surface area contributed by atoms with Gasteiger partial charge < -0.3 is 20.1 Å². The highest BCUT2D eigenvalue weighted by molar-refractivity contribution is 9.10. The second-order valence-corrected chi connectivity index (χ2v) is 8.97. The zero-order valence-corrected chi connectivity index (χ0v) is 20.2. The van der Waals surface area contributed by atoms with Gasteiger partial charge in [0.2, 0.25) is 17.8 Å². The van der Waals surface area contributed by atoms with E-state index in [2.05, 4.69) is 48.0 Å². The molecule has 34 heavy (non-hydrogen) atoms. The molecule has 0 spiro atoms. The number of halogens is 4. The molecule has 0 aliphatic carbocycles. The molecule has 1 fully saturated rings. The van der Waals surface area contributed by atoms with Crippen LogP contribution in [0.2, 0.25) is 0 Å². The van der Waals surface area contributed by atoms with Crippen molar-refractivity contribution < 1.29 is 18.0 Å². The molecule has 1 unspecified atom stereocenters. The predicted octanol–water partition coefficient (Wildman–Crippen LogP) is 4.66. The van der Waals surface area contributed by atoms with Gasteiger partial charge in [0.1, 0.15) is 0 Å². The first-order valence-electron chi connectivity index (χ1n) is 10.6. The molecule has 3 aromatic rings. The van der Waals surface area contributed by atoms with Crippen LogP contribution in [0.4, 0.5) is 30.8 Å². The number of amides is 1. The number of aromatic nitrogens is 4. The zero-order valence-electron chi connectivity index (χ0n) is 18.6. The van der Waals surface area contributed by atoms with Gasteiger partial charge in [0, 0.05) is 48.6 Å². The van der Waals surface area contributed by atoms with Crippen LogP contribution in [0.1, 0.15) is 24.0 Å². The molecule has 1 aliphatic heterocycles. The van der Waals surface area contributed by atoms with Crippen LogP contribution in [0.25, 0.3) is 11.0 Å². The standard InChI is InChI=1S/C22H23BrF3N7O/c1-4-17(34)30-18-12(2)19-16(8-15(18)23)32(3)21(31-19)33-7-5-6-14(11-33)29-20-27-9-13(10-28-20)22(24,25)26/h4,8-10,14H,1,5-7,11H2,2-3H3,(H,30,34)(H,27,28,29). The van der Waals surface area contributed by atoms with E-state index in [0.29, 0.717) is 12.2 Å². The second kappa shape index (κ2) is 9.24. The van der Waals surface area contributed by atoms with Gasteiger partial charge in [-0.1, -0.05) is 6.58 Å². The van der Waals surface area contributed by atoms with Gasteiger partial charge in [0.25, 0.3) is 0 Å². The van der Waals surface area contributed by atoms with Gasteiger partial charge in [0.15, 0.2) is 0 Å². The highest BCUT2D eigenvalue weighted by Crippen LogP contribution is 2.35. The van der Waals surface area contributed by atoms with Crippen molar-refractivity contribution in [2.45, 2.75) is 32.0 Å². The van der Waals surface area contributed by atoms with Crippen LogP contribution < -0.4 is 15.5 Å². The summed E-state index contributed by atoms with van der Waals surface area (Å²) in [7, 11) is 1.93. The molecule has 1 aliphatic rings. The molecule has 1 amide bonds. The number of nitrogens with one attached hydrogen (secondary N) is 2. The van der Waals surface area contributed by atoms with E-state index in [0.717, 1.165) is 58.8 Å². The highest BCUT2D eigenvalue weighted by atomic mass is 79.9. The number of fused-ring (bicyclic) bond motifs is 1. The van der Waals surface area contributed by atoms with E-state index in [1.165, 1.54) is 6.08 Å². The first-order valence-corrected chi connectivity index (χ1v) is 11.4. The summed E-state index contributed by atoms with van der Waals surface area (Å²) in [5.74, 6) is 0.610. The normalized spacial score (nSPS) is 16.5. The predicted molar refractivity (Wildman–Crippen MR) is 128 cm³/mol. The number of aryl methyl sites for hydroxylation is 2. The summed E-state index contributed by atoms with van der Waals surface area (Å²) in [6.07, 6.45) is -0.00345. The van der Waals surface area contributed by atoms with Crippen LogP contribution in [-0.2, 0) is 18.0 Å². The molecule has 2 aromatic heterocycles. The van der Waals surface area contributed by atoms with Crippen molar-refractivity contribution in [1.29, 1.82) is 0 Å². The third-order valence-electron chi connectivity index (χ3n) is 5.80. The molecule has 1 atom stereocenters. The van der Waals surface area contributed by atoms with Crippen molar-refractivity contribution >= 4 is 50.5 Å². The van der Waals surface area contributed by atoms with Crippen molar-refractivity contribution in [3.05, 3.63) is 46.7 Å². The Kier molecular flexibility index (Phi) is 6.52. The Hall–Kier alpha value is -3.15. The summed E-state index contributed by atoms with van der Waals surface area (Å²) in [5.41, 5.74) is 2.25. The Labute approximate surface area is 202 Å². The maximum Gasteiger partial charge on any atom is 0.419 e. The smallest absolute Gasteiger partial charge is 0.350 e. The highest BCUT2D eigenvalue weighted by Gasteiger charge is 2.31. The molecule has 2 N–H and O–H groups in total. The summed E-state index contributed by atoms with van der Waals surface area (Å²) in [4.78, 5) is 26.5. The first-order chi connectivity index (χ1) is 16.1. The van der Waals surface area contributed by atoms with Crippen molar-refractivity contribution in [3.63, 3.8) is 0 Å². The number of carbonyl (C=O) groups is 1. The number of alkyl halides is 3. The Morgan fingerprint density at radius 2 is 2.03 bits per heavy atom. The monoisotopic (exact) mass is 537 g/mol. The molecule has 12 heteroatoms. The molecular formula is C22H23BrF3N7O.